The van der Waals surface area contributed by atoms with Crippen LogP contribution >= 0.6 is 0 Å². The predicted molar refractivity (Wildman–Crippen MR) is 110 cm³/mol. The second kappa shape index (κ2) is 9.50. The lowest BCUT2D eigenvalue weighted by Crippen LogP contribution is -2.28. The zero-order valence-electron chi connectivity index (χ0n) is 16.7. The fourth-order valence-electron chi connectivity index (χ4n) is 2.87. The molecule has 0 fully saturated rings. The standard InChI is InChI=1S/C21H21F3N4O3/c1-2-3-11-31-19-13(7-8-17(28-19)21(22,23)24)12-26-20(30)27-16-6-4-5-15-14(16)9-10-25-18(15)29/h4-10H,2-3,11-12H2,1H3,(H,25,29)(H2,26,27,30). The number of hydrogen-bond donors (Lipinski definition) is 3. The van der Waals surface area contributed by atoms with Crippen molar-refractivity contribution in [3.63, 3.8) is 0 Å². The average molecular weight is 434 g/mol. The van der Waals surface area contributed by atoms with Crippen LogP contribution in [-0.4, -0.2) is 22.6 Å². The first-order valence-electron chi connectivity index (χ1n) is 9.64. The molecular formula is C21H21F3N4O3. The van der Waals surface area contributed by atoms with Gasteiger partial charge < -0.3 is 20.4 Å². The number of urea groups is 1. The van der Waals surface area contributed by atoms with Gasteiger partial charge in [0.2, 0.25) is 5.88 Å². The molecule has 0 spiro atoms. The number of pyridine rings is 2. The first-order chi connectivity index (χ1) is 14.8. The van der Waals surface area contributed by atoms with Crippen molar-refractivity contribution in [1.29, 1.82) is 0 Å². The number of rotatable bonds is 7. The van der Waals surface area contributed by atoms with E-state index in [2.05, 4.69) is 20.6 Å². The number of amides is 2. The van der Waals surface area contributed by atoms with Gasteiger partial charge in [0, 0.05) is 29.1 Å². The van der Waals surface area contributed by atoms with E-state index in [-0.39, 0.29) is 24.6 Å². The molecule has 0 saturated carbocycles. The lowest BCUT2D eigenvalue weighted by atomic mass is 10.1. The maximum Gasteiger partial charge on any atom is 0.433 e. The van der Waals surface area contributed by atoms with Crippen molar-refractivity contribution in [2.45, 2.75) is 32.5 Å². The molecule has 10 heteroatoms. The van der Waals surface area contributed by atoms with Crippen LogP contribution in [0.5, 0.6) is 5.88 Å². The number of H-pyrrole nitrogens is 1. The summed E-state index contributed by atoms with van der Waals surface area (Å²) in [6.45, 7) is 2.05. The summed E-state index contributed by atoms with van der Waals surface area (Å²) in [5, 5.41) is 6.20. The van der Waals surface area contributed by atoms with Crippen molar-refractivity contribution >= 4 is 22.5 Å². The van der Waals surface area contributed by atoms with Crippen LogP contribution in [0.15, 0.2) is 47.4 Å². The minimum Gasteiger partial charge on any atom is -0.477 e. The SMILES string of the molecule is CCCCOc1nc(C(F)(F)F)ccc1CNC(=O)Nc1cccc2c(=O)[nH]ccc12. The summed E-state index contributed by atoms with van der Waals surface area (Å²) in [6.07, 6.45) is -1.66. The number of halogens is 3. The van der Waals surface area contributed by atoms with Crippen LogP contribution in [0.3, 0.4) is 0 Å². The zero-order valence-corrected chi connectivity index (χ0v) is 16.7. The first kappa shape index (κ1) is 22.1. The highest BCUT2D eigenvalue weighted by Crippen LogP contribution is 2.30. The Labute approximate surface area is 175 Å². The van der Waals surface area contributed by atoms with Crippen LogP contribution in [-0.2, 0) is 12.7 Å². The highest BCUT2D eigenvalue weighted by Gasteiger charge is 2.33. The predicted octanol–water partition coefficient (Wildman–Crippen LogP) is 4.44. The molecule has 0 saturated heterocycles. The van der Waals surface area contributed by atoms with Crippen molar-refractivity contribution < 1.29 is 22.7 Å². The Kier molecular flexibility index (Phi) is 6.78. The largest absolute Gasteiger partial charge is 0.477 e. The average Bonchev–Trinajstić information content (AvgIpc) is 2.73. The van der Waals surface area contributed by atoms with Crippen molar-refractivity contribution in [3.8, 4) is 5.88 Å². The van der Waals surface area contributed by atoms with E-state index in [0.29, 0.717) is 28.4 Å². The van der Waals surface area contributed by atoms with E-state index >= 15 is 0 Å². The number of hydrogen-bond acceptors (Lipinski definition) is 4. The monoisotopic (exact) mass is 434 g/mol. The Morgan fingerprint density at radius 3 is 2.71 bits per heavy atom. The van der Waals surface area contributed by atoms with Crippen LogP contribution in [0.4, 0.5) is 23.7 Å². The summed E-state index contributed by atoms with van der Waals surface area (Å²) in [6, 6.07) is 8.05. The molecule has 2 aromatic heterocycles. The minimum absolute atomic E-state index is 0.0935. The minimum atomic E-state index is -4.60. The van der Waals surface area contributed by atoms with Gasteiger partial charge >= 0.3 is 12.2 Å². The van der Waals surface area contributed by atoms with Crippen LogP contribution < -0.4 is 20.9 Å². The van der Waals surface area contributed by atoms with Gasteiger partial charge in [0.25, 0.3) is 5.56 Å². The van der Waals surface area contributed by atoms with E-state index < -0.39 is 17.9 Å². The van der Waals surface area contributed by atoms with Crippen LogP contribution in [0.2, 0.25) is 0 Å². The highest BCUT2D eigenvalue weighted by atomic mass is 19.4. The number of unbranched alkanes of at least 4 members (excludes halogenated alkanes) is 1. The summed E-state index contributed by atoms with van der Waals surface area (Å²) in [5.74, 6) is -0.166. The van der Waals surface area contributed by atoms with Gasteiger partial charge in [-0.05, 0) is 36.8 Å². The molecular weight excluding hydrogens is 413 g/mol. The van der Waals surface area contributed by atoms with Crippen molar-refractivity contribution in [2.75, 3.05) is 11.9 Å². The van der Waals surface area contributed by atoms with Gasteiger partial charge in [-0.2, -0.15) is 13.2 Å². The fraction of sp³-hybridized carbons (Fsp3) is 0.286. The quantitative estimate of drug-likeness (QED) is 0.479. The molecule has 0 bridgehead atoms. The molecule has 2 heterocycles. The number of nitrogens with zero attached hydrogens (tertiary/aromatic N) is 1. The van der Waals surface area contributed by atoms with Gasteiger partial charge in [-0.3, -0.25) is 4.79 Å². The molecule has 0 aliphatic heterocycles. The van der Waals surface area contributed by atoms with E-state index in [4.69, 9.17) is 4.74 Å². The van der Waals surface area contributed by atoms with Crippen LogP contribution in [0, 0.1) is 0 Å². The lowest BCUT2D eigenvalue weighted by molar-refractivity contribution is -0.141. The third-order valence-electron chi connectivity index (χ3n) is 4.47. The first-order valence-corrected chi connectivity index (χ1v) is 9.64. The molecule has 3 rings (SSSR count). The molecule has 3 N–H and O–H groups in total. The Hall–Kier alpha value is -3.56. The number of ether oxygens (including phenoxy) is 1. The molecule has 31 heavy (non-hydrogen) atoms. The summed E-state index contributed by atoms with van der Waals surface area (Å²) in [7, 11) is 0. The smallest absolute Gasteiger partial charge is 0.433 e. The molecule has 0 aliphatic rings. The number of nitrogens with one attached hydrogen (secondary N) is 3. The van der Waals surface area contributed by atoms with Gasteiger partial charge in [-0.15, -0.1) is 0 Å². The summed E-state index contributed by atoms with van der Waals surface area (Å²) in [5.41, 5.74) is -0.612. The Morgan fingerprint density at radius 2 is 1.97 bits per heavy atom. The van der Waals surface area contributed by atoms with E-state index in [1.54, 1.807) is 24.3 Å². The number of benzene rings is 1. The second-order valence-corrected chi connectivity index (χ2v) is 6.74. The zero-order chi connectivity index (χ0) is 22.4. The van der Waals surface area contributed by atoms with Gasteiger partial charge in [0.1, 0.15) is 5.69 Å². The van der Waals surface area contributed by atoms with Gasteiger partial charge in [0.05, 0.1) is 12.3 Å². The van der Waals surface area contributed by atoms with Gasteiger partial charge in [-0.25, -0.2) is 9.78 Å². The van der Waals surface area contributed by atoms with E-state index in [9.17, 15) is 22.8 Å². The molecule has 0 radical (unpaired) electrons. The second-order valence-electron chi connectivity index (χ2n) is 6.74. The number of anilines is 1. The Balaban J connectivity index is 1.73. The van der Waals surface area contributed by atoms with Crippen LogP contribution in [0.1, 0.15) is 31.0 Å². The number of aromatic amines is 1. The number of carbonyl (C=O) groups is 1. The molecule has 0 unspecified atom stereocenters. The summed E-state index contributed by atoms with van der Waals surface area (Å²) < 4.78 is 44.3. The third kappa shape index (κ3) is 5.53. The number of fused-ring (bicyclic) bond motifs is 1. The van der Waals surface area contributed by atoms with Gasteiger partial charge in [0.15, 0.2) is 0 Å². The van der Waals surface area contributed by atoms with Crippen molar-refractivity contribution in [1.82, 2.24) is 15.3 Å². The molecule has 2 amide bonds. The fourth-order valence-corrected chi connectivity index (χ4v) is 2.87. The van der Waals surface area contributed by atoms with Crippen molar-refractivity contribution in [3.05, 3.63) is 64.2 Å². The van der Waals surface area contributed by atoms with E-state index in [1.165, 1.54) is 12.3 Å². The molecule has 0 atom stereocenters. The molecule has 7 nitrogen and oxygen atoms in total. The van der Waals surface area contributed by atoms with Crippen molar-refractivity contribution in [2.24, 2.45) is 0 Å². The lowest BCUT2D eigenvalue weighted by Gasteiger charge is -2.14. The maximum atomic E-state index is 13.0. The number of carbonyl (C=O) groups excluding carboxylic acids is 1. The maximum absolute atomic E-state index is 13.0. The topological polar surface area (TPSA) is 96.1 Å². The molecule has 1 aromatic carbocycles. The van der Waals surface area contributed by atoms with Crippen LogP contribution in [0.25, 0.3) is 10.8 Å². The Morgan fingerprint density at radius 1 is 1.16 bits per heavy atom. The third-order valence-corrected chi connectivity index (χ3v) is 4.47. The molecule has 164 valence electrons. The normalized spacial score (nSPS) is 11.4. The Bertz CT molecular complexity index is 1130. The number of alkyl halides is 3. The molecule has 0 aliphatic carbocycles. The summed E-state index contributed by atoms with van der Waals surface area (Å²) in [4.78, 5) is 30.4. The summed E-state index contributed by atoms with van der Waals surface area (Å²) >= 11 is 0. The van der Waals surface area contributed by atoms with E-state index in [0.717, 1.165) is 12.5 Å². The number of aromatic nitrogens is 2. The molecule has 3 aromatic rings. The van der Waals surface area contributed by atoms with E-state index in [1.807, 2.05) is 6.92 Å². The van der Waals surface area contributed by atoms with Gasteiger partial charge in [-0.1, -0.05) is 19.4 Å². The highest BCUT2D eigenvalue weighted by molar-refractivity contribution is 6.01.